The lowest BCUT2D eigenvalue weighted by Gasteiger charge is -2.23. The summed E-state index contributed by atoms with van der Waals surface area (Å²) in [7, 11) is 0. The fourth-order valence-electron chi connectivity index (χ4n) is 4.75. The van der Waals surface area contributed by atoms with Crippen molar-refractivity contribution in [3.8, 4) is 0 Å². The van der Waals surface area contributed by atoms with Crippen LogP contribution >= 0.6 is 11.3 Å². The molecule has 2 unspecified atom stereocenters. The maximum atomic E-state index is 13.6. The van der Waals surface area contributed by atoms with E-state index in [2.05, 4.69) is 6.07 Å². The summed E-state index contributed by atoms with van der Waals surface area (Å²) >= 11 is 1.46. The highest BCUT2D eigenvalue weighted by molar-refractivity contribution is 7.22. The number of anilines is 1. The minimum absolute atomic E-state index is 0.238. The van der Waals surface area contributed by atoms with Crippen LogP contribution in [0, 0.1) is 25.7 Å². The second kappa shape index (κ2) is 8.56. The number of aryl methyl sites for hydroxylation is 2. The van der Waals surface area contributed by atoms with Crippen LogP contribution in [0.15, 0.2) is 54.6 Å². The van der Waals surface area contributed by atoms with Gasteiger partial charge in [0.15, 0.2) is 5.13 Å². The third-order valence-corrected chi connectivity index (χ3v) is 7.65. The summed E-state index contributed by atoms with van der Waals surface area (Å²) in [5, 5.41) is 0.575. The first-order chi connectivity index (χ1) is 15.9. The molecular weight excluding hydrogens is 434 g/mol. The van der Waals surface area contributed by atoms with Crippen LogP contribution in [0.2, 0.25) is 0 Å². The number of fused-ring (bicyclic) bond motifs is 2. The summed E-state index contributed by atoms with van der Waals surface area (Å²) in [6, 6.07) is 13.8. The summed E-state index contributed by atoms with van der Waals surface area (Å²) < 4.78 is 1.03. The molecule has 3 amide bonds. The molecule has 2 aliphatic rings. The molecule has 0 spiro atoms. The zero-order valence-electron chi connectivity index (χ0n) is 18.7. The van der Waals surface area contributed by atoms with Gasteiger partial charge in [-0.3, -0.25) is 24.2 Å². The first-order valence-corrected chi connectivity index (χ1v) is 12.0. The predicted molar refractivity (Wildman–Crippen MR) is 129 cm³/mol. The molecular formula is C26H25N3O3S. The van der Waals surface area contributed by atoms with Gasteiger partial charge >= 0.3 is 0 Å². The number of carbonyl (C=O) groups excluding carboxylic acids is 3. The van der Waals surface area contributed by atoms with E-state index < -0.39 is 0 Å². The largest absolute Gasteiger partial charge is 0.282 e. The summed E-state index contributed by atoms with van der Waals surface area (Å²) in [5.41, 5.74) is 4.03. The Morgan fingerprint density at radius 2 is 1.73 bits per heavy atom. The molecule has 3 aromatic rings. The van der Waals surface area contributed by atoms with Crippen LogP contribution in [-0.4, -0.2) is 34.2 Å². The van der Waals surface area contributed by atoms with Gasteiger partial charge in [-0.15, -0.1) is 0 Å². The van der Waals surface area contributed by atoms with Crippen molar-refractivity contribution >= 4 is 44.4 Å². The topological polar surface area (TPSA) is 70.6 Å². The Labute approximate surface area is 196 Å². The monoisotopic (exact) mass is 459 g/mol. The Bertz CT molecular complexity index is 1250. The summed E-state index contributed by atoms with van der Waals surface area (Å²) in [5.74, 6) is -1.46. The van der Waals surface area contributed by atoms with Crippen LogP contribution in [0.4, 0.5) is 5.13 Å². The lowest BCUT2D eigenvalue weighted by molar-refractivity contribution is -0.143. The standard InChI is InChI=1S/C26H25N3O3S/c1-16-12-17(2)23-21(13-16)27-26(33-23)28(14-18-8-4-3-5-9-18)22(30)15-29-24(31)19-10-6-7-11-20(19)25(29)32/h3-9,12-13,19-20H,10-11,14-15H2,1-2H3. The Morgan fingerprint density at radius 3 is 2.39 bits per heavy atom. The van der Waals surface area contributed by atoms with Gasteiger partial charge < -0.3 is 0 Å². The molecule has 0 N–H and O–H groups in total. The number of carbonyl (C=O) groups is 3. The highest BCUT2D eigenvalue weighted by atomic mass is 32.1. The van der Waals surface area contributed by atoms with E-state index in [1.54, 1.807) is 4.90 Å². The minimum Gasteiger partial charge on any atom is -0.282 e. The lowest BCUT2D eigenvalue weighted by atomic mass is 9.85. The molecule has 2 heterocycles. The fourth-order valence-corrected chi connectivity index (χ4v) is 5.79. The van der Waals surface area contributed by atoms with E-state index in [1.165, 1.54) is 11.3 Å². The van der Waals surface area contributed by atoms with Crippen LogP contribution in [-0.2, 0) is 20.9 Å². The molecule has 1 saturated heterocycles. The maximum Gasteiger partial charge on any atom is 0.249 e. The van der Waals surface area contributed by atoms with Crippen LogP contribution < -0.4 is 4.90 Å². The SMILES string of the molecule is Cc1cc(C)c2sc(N(Cc3ccccc3)C(=O)CN3C(=O)C4CC=CCC4C3=O)nc2c1. The molecule has 2 aromatic carbocycles. The zero-order chi connectivity index (χ0) is 23.1. The Balaban J connectivity index is 1.47. The number of rotatable bonds is 5. The number of thiazole rings is 1. The van der Waals surface area contributed by atoms with Crippen molar-refractivity contribution in [1.82, 2.24) is 9.88 Å². The number of likely N-dealkylation sites (tertiary alicyclic amines) is 1. The van der Waals surface area contributed by atoms with Crippen molar-refractivity contribution in [3.05, 3.63) is 71.3 Å². The Hall–Kier alpha value is -3.32. The van der Waals surface area contributed by atoms with E-state index >= 15 is 0 Å². The third kappa shape index (κ3) is 3.97. The molecule has 1 aromatic heterocycles. The van der Waals surface area contributed by atoms with Gasteiger partial charge in [-0.05, 0) is 49.4 Å². The quantitative estimate of drug-likeness (QED) is 0.419. The molecule has 1 fully saturated rings. The number of hydrogen-bond donors (Lipinski definition) is 0. The summed E-state index contributed by atoms with van der Waals surface area (Å²) in [4.78, 5) is 46.9. The van der Waals surface area contributed by atoms with Gasteiger partial charge in [0, 0.05) is 0 Å². The average molecular weight is 460 g/mol. The molecule has 0 bridgehead atoms. The molecule has 7 heteroatoms. The average Bonchev–Trinajstić information content (AvgIpc) is 3.33. The lowest BCUT2D eigenvalue weighted by Crippen LogP contribution is -2.43. The Morgan fingerprint density at radius 1 is 1.06 bits per heavy atom. The number of allylic oxidation sites excluding steroid dienone is 2. The van der Waals surface area contributed by atoms with Crippen LogP contribution in [0.3, 0.4) is 0 Å². The van der Waals surface area contributed by atoms with Crippen molar-refractivity contribution in [3.63, 3.8) is 0 Å². The minimum atomic E-state index is -0.342. The van der Waals surface area contributed by atoms with Gasteiger partial charge in [-0.2, -0.15) is 0 Å². The molecule has 33 heavy (non-hydrogen) atoms. The van der Waals surface area contributed by atoms with Crippen molar-refractivity contribution < 1.29 is 14.4 Å². The third-order valence-electron chi connectivity index (χ3n) is 6.42. The van der Waals surface area contributed by atoms with Crippen molar-refractivity contribution in [2.24, 2.45) is 11.8 Å². The number of aromatic nitrogens is 1. The molecule has 168 valence electrons. The molecule has 2 atom stereocenters. The van der Waals surface area contributed by atoms with Gasteiger partial charge in [0.2, 0.25) is 17.7 Å². The number of amides is 3. The molecule has 0 radical (unpaired) electrons. The summed E-state index contributed by atoms with van der Waals surface area (Å²) in [6.45, 7) is 4.13. The molecule has 0 saturated carbocycles. The summed E-state index contributed by atoms with van der Waals surface area (Å²) in [6.07, 6.45) is 5.02. The van der Waals surface area contributed by atoms with Gasteiger partial charge in [0.25, 0.3) is 0 Å². The van der Waals surface area contributed by atoms with Crippen LogP contribution in [0.1, 0.15) is 29.5 Å². The molecule has 5 rings (SSSR count). The second-order valence-electron chi connectivity index (χ2n) is 8.81. The Kier molecular flexibility index (Phi) is 5.58. The van der Waals surface area contributed by atoms with Crippen LogP contribution in [0.25, 0.3) is 10.2 Å². The van der Waals surface area contributed by atoms with Crippen molar-refractivity contribution in [2.45, 2.75) is 33.2 Å². The second-order valence-corrected chi connectivity index (χ2v) is 9.79. The first kappa shape index (κ1) is 21.5. The number of hydrogen-bond acceptors (Lipinski definition) is 5. The first-order valence-electron chi connectivity index (χ1n) is 11.1. The number of nitrogens with zero attached hydrogens (tertiary/aromatic N) is 3. The van der Waals surface area contributed by atoms with Crippen LogP contribution in [0.5, 0.6) is 0 Å². The van der Waals surface area contributed by atoms with Gasteiger partial charge in [-0.25, -0.2) is 4.98 Å². The predicted octanol–water partition coefficient (Wildman–Crippen LogP) is 4.40. The highest BCUT2D eigenvalue weighted by Gasteiger charge is 2.48. The number of imide groups is 1. The van der Waals surface area contributed by atoms with Gasteiger partial charge in [0.05, 0.1) is 28.6 Å². The highest BCUT2D eigenvalue weighted by Crippen LogP contribution is 2.36. The van der Waals surface area contributed by atoms with Gasteiger partial charge in [-0.1, -0.05) is 59.9 Å². The zero-order valence-corrected chi connectivity index (χ0v) is 19.5. The normalized spacial score (nSPS) is 19.9. The van der Waals surface area contributed by atoms with E-state index in [0.717, 1.165) is 31.8 Å². The van der Waals surface area contributed by atoms with Gasteiger partial charge in [0.1, 0.15) is 6.54 Å². The van der Waals surface area contributed by atoms with E-state index in [0.29, 0.717) is 24.5 Å². The van der Waals surface area contributed by atoms with E-state index in [4.69, 9.17) is 4.98 Å². The maximum absolute atomic E-state index is 13.6. The van der Waals surface area contributed by atoms with Crippen molar-refractivity contribution in [2.75, 3.05) is 11.4 Å². The number of benzene rings is 2. The fraction of sp³-hybridized carbons (Fsp3) is 0.308. The molecule has 6 nitrogen and oxygen atoms in total. The van der Waals surface area contributed by atoms with Crippen molar-refractivity contribution in [1.29, 1.82) is 0 Å². The molecule has 1 aliphatic carbocycles. The van der Waals surface area contributed by atoms with E-state index in [-0.39, 0.29) is 36.1 Å². The molecule has 1 aliphatic heterocycles. The van der Waals surface area contributed by atoms with E-state index in [9.17, 15) is 14.4 Å². The van der Waals surface area contributed by atoms with E-state index in [1.807, 2.05) is 62.4 Å². The smallest absolute Gasteiger partial charge is 0.249 e.